The number of rotatable bonds is 4. The predicted octanol–water partition coefficient (Wildman–Crippen LogP) is 4.58. The Bertz CT molecular complexity index is 895. The number of nitrogens with zero attached hydrogens (tertiary/aromatic N) is 2. The first-order valence-electron chi connectivity index (χ1n) is 6.89. The lowest BCUT2D eigenvalue weighted by molar-refractivity contribution is 0.209. The molecule has 7 nitrogen and oxygen atoms in total. The molecule has 3 rings (SSSR count). The van der Waals surface area contributed by atoms with E-state index in [4.69, 9.17) is 25.9 Å². The molecule has 122 valence electrons. The number of carbonyl (C=O) groups is 1. The maximum atomic E-state index is 10.6. The second-order valence-electron chi connectivity index (χ2n) is 4.83. The highest BCUT2D eigenvalue weighted by molar-refractivity contribution is 6.33. The average Bonchev–Trinajstić information content (AvgIpc) is 2.97. The smallest absolute Gasteiger partial charge is 0.409 e. The van der Waals surface area contributed by atoms with Gasteiger partial charge in [0.1, 0.15) is 11.5 Å². The molecule has 0 unspecified atom stereocenters. The first-order valence-corrected chi connectivity index (χ1v) is 7.27. The maximum Gasteiger partial charge on any atom is 0.409 e. The normalized spacial score (nSPS) is 10.4. The Balaban J connectivity index is 1.81. The van der Waals surface area contributed by atoms with Crippen LogP contribution in [0.15, 0.2) is 46.9 Å². The number of aryl methyl sites for hydroxylation is 1. The number of nitrogens with one attached hydrogen (secondary N) is 1. The molecule has 24 heavy (non-hydrogen) atoms. The first kappa shape index (κ1) is 15.8. The molecule has 0 saturated heterocycles. The molecule has 0 saturated carbocycles. The molecular formula is C16H12ClN3O4. The molecule has 1 aromatic heterocycles. The lowest BCUT2D eigenvalue weighted by atomic mass is 10.2. The fourth-order valence-corrected chi connectivity index (χ4v) is 2.24. The molecule has 1 amide bonds. The van der Waals surface area contributed by atoms with Gasteiger partial charge in [0.15, 0.2) is 0 Å². The van der Waals surface area contributed by atoms with E-state index in [0.29, 0.717) is 23.3 Å². The zero-order chi connectivity index (χ0) is 17.1. The van der Waals surface area contributed by atoms with Crippen LogP contribution in [-0.4, -0.2) is 21.4 Å². The minimum absolute atomic E-state index is 0.235. The number of hydrogen-bond donors (Lipinski definition) is 2. The van der Waals surface area contributed by atoms with Gasteiger partial charge in [0.05, 0.1) is 10.7 Å². The standard InChI is InChI=1S/C16H12ClN3O4/c1-9-19-20-15(23-9)10-3-2-4-11(7-10)24-12-5-6-14(13(17)8-12)18-16(21)22/h2-8,18H,1H3,(H,21,22). The number of hydrogen-bond acceptors (Lipinski definition) is 5. The zero-order valence-electron chi connectivity index (χ0n) is 12.5. The van der Waals surface area contributed by atoms with Crippen molar-refractivity contribution in [2.75, 3.05) is 5.32 Å². The van der Waals surface area contributed by atoms with Crippen LogP contribution in [0.2, 0.25) is 5.02 Å². The summed E-state index contributed by atoms with van der Waals surface area (Å²) in [5.74, 6) is 1.90. The molecule has 0 spiro atoms. The molecule has 0 aliphatic rings. The number of halogens is 1. The SMILES string of the molecule is Cc1nnc(-c2cccc(Oc3ccc(NC(=O)O)c(Cl)c3)c2)o1. The van der Waals surface area contributed by atoms with Gasteiger partial charge in [-0.05, 0) is 30.3 Å². The van der Waals surface area contributed by atoms with Crippen LogP contribution in [0.5, 0.6) is 11.5 Å². The van der Waals surface area contributed by atoms with Crippen molar-refractivity contribution in [1.82, 2.24) is 10.2 Å². The van der Waals surface area contributed by atoms with Crippen LogP contribution in [0.3, 0.4) is 0 Å². The fourth-order valence-electron chi connectivity index (χ4n) is 2.02. The Morgan fingerprint density at radius 2 is 2.00 bits per heavy atom. The van der Waals surface area contributed by atoms with Crippen molar-refractivity contribution in [1.29, 1.82) is 0 Å². The van der Waals surface area contributed by atoms with E-state index in [9.17, 15) is 4.79 Å². The summed E-state index contributed by atoms with van der Waals surface area (Å²) in [4.78, 5) is 10.6. The van der Waals surface area contributed by atoms with Crippen LogP contribution >= 0.6 is 11.6 Å². The molecule has 8 heteroatoms. The van der Waals surface area contributed by atoms with Crippen LogP contribution in [0.4, 0.5) is 10.5 Å². The van der Waals surface area contributed by atoms with Gasteiger partial charge in [-0.15, -0.1) is 10.2 Å². The number of aromatic nitrogens is 2. The number of benzene rings is 2. The van der Waals surface area contributed by atoms with E-state index in [1.54, 1.807) is 31.2 Å². The highest BCUT2D eigenvalue weighted by atomic mass is 35.5. The molecule has 1 heterocycles. The van der Waals surface area contributed by atoms with Gasteiger partial charge in [-0.1, -0.05) is 17.7 Å². The number of anilines is 1. The van der Waals surface area contributed by atoms with Crippen molar-refractivity contribution in [2.24, 2.45) is 0 Å². The van der Waals surface area contributed by atoms with Crippen molar-refractivity contribution in [3.05, 3.63) is 53.4 Å². The number of carboxylic acid groups (broad SMARTS) is 1. The minimum Gasteiger partial charge on any atom is -0.465 e. The molecule has 2 N–H and O–H groups in total. The van der Waals surface area contributed by atoms with Crippen LogP contribution in [0.1, 0.15) is 5.89 Å². The second-order valence-corrected chi connectivity index (χ2v) is 5.24. The van der Waals surface area contributed by atoms with Crippen LogP contribution in [0.25, 0.3) is 11.5 Å². The van der Waals surface area contributed by atoms with Crippen LogP contribution in [0, 0.1) is 6.92 Å². The molecular weight excluding hydrogens is 334 g/mol. The monoisotopic (exact) mass is 345 g/mol. The van der Waals surface area contributed by atoms with Gasteiger partial charge >= 0.3 is 6.09 Å². The van der Waals surface area contributed by atoms with Gasteiger partial charge < -0.3 is 14.3 Å². The molecule has 0 atom stereocenters. The lowest BCUT2D eigenvalue weighted by Gasteiger charge is -2.09. The van der Waals surface area contributed by atoms with Crippen molar-refractivity contribution >= 4 is 23.4 Å². The summed E-state index contributed by atoms with van der Waals surface area (Å²) >= 11 is 6.03. The topological polar surface area (TPSA) is 97.5 Å². The lowest BCUT2D eigenvalue weighted by Crippen LogP contribution is -2.07. The molecule has 0 aliphatic heterocycles. The van der Waals surface area contributed by atoms with E-state index >= 15 is 0 Å². The molecule has 0 radical (unpaired) electrons. The first-order chi connectivity index (χ1) is 11.5. The van der Waals surface area contributed by atoms with Crippen molar-refractivity contribution in [3.63, 3.8) is 0 Å². The Labute approximate surface area is 141 Å². The molecule has 2 aromatic carbocycles. The van der Waals surface area contributed by atoms with Crippen LogP contribution in [-0.2, 0) is 0 Å². The van der Waals surface area contributed by atoms with Crippen molar-refractivity contribution < 1.29 is 19.1 Å². The van der Waals surface area contributed by atoms with E-state index in [1.807, 2.05) is 6.07 Å². The van der Waals surface area contributed by atoms with E-state index in [-0.39, 0.29) is 10.7 Å². The summed E-state index contributed by atoms with van der Waals surface area (Å²) in [5, 5.41) is 18.9. The van der Waals surface area contributed by atoms with Gasteiger partial charge in [-0.3, -0.25) is 5.32 Å². The van der Waals surface area contributed by atoms with E-state index in [0.717, 1.165) is 5.56 Å². The second kappa shape index (κ2) is 6.59. The van der Waals surface area contributed by atoms with Gasteiger partial charge in [-0.2, -0.15) is 0 Å². The van der Waals surface area contributed by atoms with Gasteiger partial charge in [0, 0.05) is 18.6 Å². The van der Waals surface area contributed by atoms with Crippen LogP contribution < -0.4 is 10.1 Å². The Morgan fingerprint density at radius 1 is 1.21 bits per heavy atom. The number of ether oxygens (including phenoxy) is 1. The summed E-state index contributed by atoms with van der Waals surface area (Å²) in [6, 6.07) is 11.8. The third-order valence-electron chi connectivity index (χ3n) is 3.02. The summed E-state index contributed by atoms with van der Waals surface area (Å²) in [6.07, 6.45) is -1.19. The molecule has 0 fully saturated rings. The summed E-state index contributed by atoms with van der Waals surface area (Å²) in [6.45, 7) is 1.71. The zero-order valence-corrected chi connectivity index (χ0v) is 13.2. The minimum atomic E-state index is -1.19. The van der Waals surface area contributed by atoms with Gasteiger partial charge in [-0.25, -0.2) is 4.79 Å². The van der Waals surface area contributed by atoms with Crippen molar-refractivity contribution in [3.8, 4) is 23.0 Å². The van der Waals surface area contributed by atoms with E-state index in [2.05, 4.69) is 15.5 Å². The predicted molar refractivity (Wildman–Crippen MR) is 87.6 cm³/mol. The average molecular weight is 346 g/mol. The number of amides is 1. The summed E-state index contributed by atoms with van der Waals surface area (Å²) in [5.41, 5.74) is 1.01. The van der Waals surface area contributed by atoms with Crippen molar-refractivity contribution in [2.45, 2.75) is 6.92 Å². The largest absolute Gasteiger partial charge is 0.465 e. The Morgan fingerprint density at radius 3 is 2.67 bits per heavy atom. The fraction of sp³-hybridized carbons (Fsp3) is 0.0625. The van der Waals surface area contributed by atoms with Gasteiger partial charge in [0.25, 0.3) is 0 Å². The third kappa shape index (κ3) is 3.64. The third-order valence-corrected chi connectivity index (χ3v) is 3.34. The van der Waals surface area contributed by atoms with Gasteiger partial charge in [0.2, 0.25) is 11.8 Å². The highest BCUT2D eigenvalue weighted by Gasteiger charge is 2.09. The quantitative estimate of drug-likeness (QED) is 0.718. The highest BCUT2D eigenvalue weighted by Crippen LogP contribution is 2.31. The summed E-state index contributed by atoms with van der Waals surface area (Å²) < 4.78 is 11.1. The Kier molecular flexibility index (Phi) is 4.35. The molecule has 3 aromatic rings. The summed E-state index contributed by atoms with van der Waals surface area (Å²) in [7, 11) is 0. The Hall–Kier alpha value is -3.06. The molecule has 0 bridgehead atoms. The van der Waals surface area contributed by atoms with E-state index in [1.165, 1.54) is 12.1 Å². The maximum absolute atomic E-state index is 10.6. The van der Waals surface area contributed by atoms with E-state index < -0.39 is 6.09 Å². The molecule has 0 aliphatic carbocycles.